The number of aliphatic hydroxyl groups is 1. The van der Waals surface area contributed by atoms with E-state index in [0.717, 1.165) is 18.7 Å². The Morgan fingerprint density at radius 2 is 2.06 bits per heavy atom. The van der Waals surface area contributed by atoms with Crippen molar-refractivity contribution in [3.63, 3.8) is 0 Å². The molecule has 2 N–H and O–H groups in total. The van der Waals surface area contributed by atoms with Crippen molar-refractivity contribution in [2.24, 2.45) is 0 Å². The number of hydrogen-bond acceptors (Lipinski definition) is 3. The summed E-state index contributed by atoms with van der Waals surface area (Å²) in [6.07, 6.45) is -0.619. The highest BCUT2D eigenvalue weighted by Crippen LogP contribution is 2.19. The molecular weight excluding hydrogens is 231 g/mol. The molecule has 1 rings (SSSR count). The molecule has 0 bridgehead atoms. The topological polar surface area (TPSA) is 35.5 Å². The van der Waals surface area contributed by atoms with Gasteiger partial charge in [-0.1, -0.05) is 12.1 Å². The van der Waals surface area contributed by atoms with Crippen molar-refractivity contribution in [2.75, 3.05) is 27.2 Å². The summed E-state index contributed by atoms with van der Waals surface area (Å²) in [6.45, 7) is 5.36. The monoisotopic (exact) mass is 254 g/mol. The Balaban J connectivity index is 2.56. The van der Waals surface area contributed by atoms with Crippen LogP contribution in [-0.4, -0.2) is 43.2 Å². The lowest BCUT2D eigenvalue weighted by atomic mass is 10.0. The largest absolute Gasteiger partial charge is 0.387 e. The third-order valence-electron chi connectivity index (χ3n) is 3.02. The molecule has 2 atom stereocenters. The molecule has 0 aliphatic heterocycles. The van der Waals surface area contributed by atoms with Crippen molar-refractivity contribution in [3.8, 4) is 0 Å². The zero-order chi connectivity index (χ0) is 13.7. The molecule has 0 spiro atoms. The Labute approximate surface area is 109 Å². The zero-order valence-corrected chi connectivity index (χ0v) is 11.6. The van der Waals surface area contributed by atoms with E-state index in [1.54, 1.807) is 19.1 Å². The standard InChI is InChI=1S/C14H23FN2O/c1-10-9-12(5-6-13(10)15)14(18)11(2)16-7-8-17(3)4/h5-6,9,11,14,16,18H,7-8H2,1-4H3. The van der Waals surface area contributed by atoms with Crippen molar-refractivity contribution >= 4 is 0 Å². The lowest BCUT2D eigenvalue weighted by molar-refractivity contribution is 0.135. The number of halogens is 1. The van der Waals surface area contributed by atoms with Crippen molar-refractivity contribution in [1.82, 2.24) is 10.2 Å². The number of aliphatic hydroxyl groups excluding tert-OH is 1. The Morgan fingerprint density at radius 1 is 1.39 bits per heavy atom. The number of benzene rings is 1. The average molecular weight is 254 g/mol. The predicted molar refractivity (Wildman–Crippen MR) is 72.1 cm³/mol. The first kappa shape index (κ1) is 15.1. The number of aryl methyl sites for hydroxylation is 1. The molecule has 0 radical (unpaired) electrons. The summed E-state index contributed by atoms with van der Waals surface area (Å²) in [5.41, 5.74) is 1.31. The minimum atomic E-state index is -0.619. The van der Waals surface area contributed by atoms with E-state index >= 15 is 0 Å². The van der Waals surface area contributed by atoms with Gasteiger partial charge >= 0.3 is 0 Å². The van der Waals surface area contributed by atoms with Gasteiger partial charge in [0, 0.05) is 19.1 Å². The lowest BCUT2D eigenvalue weighted by Gasteiger charge is -2.22. The number of nitrogens with zero attached hydrogens (tertiary/aromatic N) is 1. The van der Waals surface area contributed by atoms with Crippen LogP contribution >= 0.6 is 0 Å². The van der Waals surface area contributed by atoms with Crippen molar-refractivity contribution in [1.29, 1.82) is 0 Å². The van der Waals surface area contributed by atoms with Gasteiger partial charge in [-0.2, -0.15) is 0 Å². The minimum Gasteiger partial charge on any atom is -0.387 e. The number of nitrogens with one attached hydrogen (secondary N) is 1. The third kappa shape index (κ3) is 4.37. The van der Waals surface area contributed by atoms with E-state index in [-0.39, 0.29) is 11.9 Å². The van der Waals surface area contributed by atoms with Gasteiger partial charge in [-0.3, -0.25) is 0 Å². The fourth-order valence-corrected chi connectivity index (χ4v) is 1.77. The molecule has 18 heavy (non-hydrogen) atoms. The summed E-state index contributed by atoms with van der Waals surface area (Å²) < 4.78 is 13.2. The smallest absolute Gasteiger partial charge is 0.126 e. The van der Waals surface area contributed by atoms with Crippen LogP contribution in [0.5, 0.6) is 0 Å². The molecular formula is C14H23FN2O. The summed E-state index contributed by atoms with van der Waals surface area (Å²) in [6, 6.07) is 4.68. The fourth-order valence-electron chi connectivity index (χ4n) is 1.77. The maximum atomic E-state index is 13.2. The second-order valence-electron chi connectivity index (χ2n) is 5.00. The first-order valence-electron chi connectivity index (χ1n) is 6.24. The molecule has 0 aliphatic rings. The zero-order valence-electron chi connectivity index (χ0n) is 11.6. The Morgan fingerprint density at radius 3 is 2.61 bits per heavy atom. The molecule has 2 unspecified atom stereocenters. The lowest BCUT2D eigenvalue weighted by Crippen LogP contribution is -2.36. The average Bonchev–Trinajstić information content (AvgIpc) is 2.31. The Kier molecular flexibility index (Phi) is 5.72. The second kappa shape index (κ2) is 6.83. The first-order chi connectivity index (χ1) is 8.41. The fraction of sp³-hybridized carbons (Fsp3) is 0.571. The number of hydrogen-bond donors (Lipinski definition) is 2. The summed E-state index contributed by atoms with van der Waals surface area (Å²) in [5.74, 6) is -0.237. The van der Waals surface area contributed by atoms with Gasteiger partial charge in [-0.25, -0.2) is 4.39 Å². The number of rotatable bonds is 6. The highest BCUT2D eigenvalue weighted by Gasteiger charge is 2.16. The van der Waals surface area contributed by atoms with Crippen LogP contribution in [0.4, 0.5) is 4.39 Å². The van der Waals surface area contributed by atoms with Gasteiger partial charge in [0.1, 0.15) is 5.82 Å². The van der Waals surface area contributed by atoms with Gasteiger partial charge in [-0.15, -0.1) is 0 Å². The van der Waals surface area contributed by atoms with Crippen LogP contribution < -0.4 is 5.32 Å². The van der Waals surface area contributed by atoms with Gasteiger partial charge in [0.05, 0.1) is 6.10 Å². The van der Waals surface area contributed by atoms with Crippen LogP contribution in [0, 0.1) is 12.7 Å². The van der Waals surface area contributed by atoms with E-state index in [4.69, 9.17) is 0 Å². The van der Waals surface area contributed by atoms with Gasteiger partial charge < -0.3 is 15.3 Å². The molecule has 0 heterocycles. The molecule has 0 saturated carbocycles. The first-order valence-corrected chi connectivity index (χ1v) is 6.24. The molecule has 3 nitrogen and oxygen atoms in total. The van der Waals surface area contributed by atoms with Crippen LogP contribution in [0.2, 0.25) is 0 Å². The summed E-state index contributed by atoms with van der Waals surface area (Å²) >= 11 is 0. The normalized spacial score (nSPS) is 14.8. The number of likely N-dealkylation sites (N-methyl/N-ethyl adjacent to an activating group) is 1. The van der Waals surface area contributed by atoms with Crippen LogP contribution in [0.3, 0.4) is 0 Å². The molecule has 1 aromatic rings. The van der Waals surface area contributed by atoms with E-state index in [9.17, 15) is 9.50 Å². The minimum absolute atomic E-state index is 0.0604. The third-order valence-corrected chi connectivity index (χ3v) is 3.02. The summed E-state index contributed by atoms with van der Waals surface area (Å²) in [4.78, 5) is 2.08. The van der Waals surface area contributed by atoms with Crippen molar-refractivity contribution in [3.05, 3.63) is 35.1 Å². The SMILES string of the molecule is Cc1cc(C(O)C(C)NCCN(C)C)ccc1F. The van der Waals surface area contributed by atoms with E-state index in [0.29, 0.717) is 5.56 Å². The van der Waals surface area contributed by atoms with E-state index < -0.39 is 6.10 Å². The Hall–Kier alpha value is -0.970. The predicted octanol–water partition coefficient (Wildman–Crippen LogP) is 1.71. The molecule has 0 amide bonds. The van der Waals surface area contributed by atoms with Crippen LogP contribution in [0.1, 0.15) is 24.2 Å². The Bertz CT molecular complexity index is 382. The highest BCUT2D eigenvalue weighted by molar-refractivity contribution is 5.26. The summed E-state index contributed by atoms with van der Waals surface area (Å²) in [5, 5.41) is 13.4. The van der Waals surface area contributed by atoms with Gasteiger partial charge in [0.15, 0.2) is 0 Å². The van der Waals surface area contributed by atoms with Crippen LogP contribution in [0.15, 0.2) is 18.2 Å². The van der Waals surface area contributed by atoms with E-state index in [1.165, 1.54) is 6.07 Å². The van der Waals surface area contributed by atoms with Gasteiger partial charge in [-0.05, 0) is 45.1 Å². The molecule has 0 saturated heterocycles. The molecule has 0 fully saturated rings. The van der Waals surface area contributed by atoms with Crippen molar-refractivity contribution in [2.45, 2.75) is 26.0 Å². The molecule has 1 aromatic carbocycles. The van der Waals surface area contributed by atoms with Crippen LogP contribution in [0.25, 0.3) is 0 Å². The summed E-state index contributed by atoms with van der Waals surface area (Å²) in [7, 11) is 4.01. The second-order valence-corrected chi connectivity index (χ2v) is 5.00. The van der Waals surface area contributed by atoms with Gasteiger partial charge in [0.25, 0.3) is 0 Å². The van der Waals surface area contributed by atoms with Gasteiger partial charge in [0.2, 0.25) is 0 Å². The maximum absolute atomic E-state index is 13.2. The van der Waals surface area contributed by atoms with Crippen LogP contribution in [-0.2, 0) is 0 Å². The van der Waals surface area contributed by atoms with Crippen molar-refractivity contribution < 1.29 is 9.50 Å². The quantitative estimate of drug-likeness (QED) is 0.811. The van der Waals surface area contributed by atoms with E-state index in [2.05, 4.69) is 10.2 Å². The molecule has 4 heteroatoms. The molecule has 102 valence electrons. The maximum Gasteiger partial charge on any atom is 0.126 e. The van der Waals surface area contributed by atoms with E-state index in [1.807, 2.05) is 21.0 Å². The highest BCUT2D eigenvalue weighted by atomic mass is 19.1. The molecule has 0 aromatic heterocycles. The molecule has 0 aliphatic carbocycles.